The van der Waals surface area contributed by atoms with Crippen LogP contribution in [0.5, 0.6) is 0 Å². The van der Waals surface area contributed by atoms with Crippen molar-refractivity contribution in [2.45, 2.75) is 87.5 Å². The molecule has 5 aromatic carbocycles. The first-order chi connectivity index (χ1) is 23.9. The zero-order valence-electron chi connectivity index (χ0n) is 32.0. The van der Waals surface area contributed by atoms with Crippen molar-refractivity contribution >= 4 is 14.9 Å². The van der Waals surface area contributed by atoms with Gasteiger partial charge in [0.1, 0.15) is 0 Å². The van der Waals surface area contributed by atoms with Crippen LogP contribution in [0.15, 0.2) is 97.1 Å². The van der Waals surface area contributed by atoms with E-state index in [1.807, 2.05) is 12.2 Å². The fraction of sp³-hybridized carbons (Fsp3) is 0.306. The number of allylic oxidation sites excluding steroid dienone is 4. The van der Waals surface area contributed by atoms with E-state index in [-0.39, 0.29) is 0 Å². The van der Waals surface area contributed by atoms with E-state index in [2.05, 4.69) is 160 Å². The molecule has 4 unspecified atom stereocenters. The van der Waals surface area contributed by atoms with E-state index in [4.69, 9.17) is 0 Å². The minimum absolute atomic E-state index is 0.459. The van der Waals surface area contributed by atoms with Gasteiger partial charge in [-0.1, -0.05) is 93.7 Å². The number of fused-ring (bicyclic) bond motifs is 8. The zero-order valence-corrected chi connectivity index (χ0v) is 34.9. The molecule has 5 aromatic rings. The summed E-state index contributed by atoms with van der Waals surface area (Å²) in [6.07, 6.45) is 10.0. The summed E-state index contributed by atoms with van der Waals surface area (Å²) in [5.74, 6) is 3.94. The Morgan fingerprint density at radius 2 is 1.30 bits per heavy atom. The van der Waals surface area contributed by atoms with Crippen molar-refractivity contribution < 1.29 is 17.9 Å². The molecule has 0 spiro atoms. The molecule has 0 saturated carbocycles. The van der Waals surface area contributed by atoms with Crippen LogP contribution in [-0.2, 0) is 17.9 Å². The van der Waals surface area contributed by atoms with E-state index in [0.29, 0.717) is 23.7 Å². The zero-order chi connectivity index (χ0) is 35.9. The Hall–Kier alpha value is -3.80. The summed E-state index contributed by atoms with van der Waals surface area (Å²) >= 11 is 1.19. The molecule has 0 aromatic heterocycles. The summed E-state index contributed by atoms with van der Waals surface area (Å²) < 4.78 is 1.46. The number of aryl methyl sites for hydroxylation is 3. The van der Waals surface area contributed by atoms with Crippen molar-refractivity contribution in [2.75, 3.05) is 0 Å². The van der Waals surface area contributed by atoms with E-state index in [9.17, 15) is 0 Å². The van der Waals surface area contributed by atoms with E-state index in [1.54, 1.807) is 28.2 Å². The van der Waals surface area contributed by atoms with Crippen molar-refractivity contribution in [3.63, 3.8) is 0 Å². The SMILES string of the molecule is Cc1cc2c(c(C)c1C)C(C)c1c3c(c4ccccc4c1-2)C(C)C(C)C(C)[C-]3C.Cc1ccc([C](=[Zn])c2ccc(C)cc2)cc1.[C-]1=CC=CC1. The Morgan fingerprint density at radius 1 is 0.720 bits per heavy atom. The molecule has 50 heavy (non-hydrogen) atoms. The number of hydrogen-bond donors (Lipinski definition) is 0. The average Bonchev–Trinajstić information content (AvgIpc) is 3.80. The minimum Gasteiger partial charge on any atom is -0.273 e. The Kier molecular flexibility index (Phi) is 10.7. The van der Waals surface area contributed by atoms with Gasteiger partial charge in [0.25, 0.3) is 0 Å². The van der Waals surface area contributed by atoms with Crippen LogP contribution >= 0.6 is 0 Å². The molecule has 3 aliphatic rings. The molecule has 0 nitrogen and oxygen atoms in total. The van der Waals surface area contributed by atoms with Gasteiger partial charge in [-0.05, 0) is 59.9 Å². The Morgan fingerprint density at radius 3 is 1.82 bits per heavy atom. The molecule has 4 atom stereocenters. The third kappa shape index (κ3) is 6.55. The summed E-state index contributed by atoms with van der Waals surface area (Å²) in [5, 5.41) is 2.93. The van der Waals surface area contributed by atoms with E-state index in [1.165, 1.54) is 82.8 Å². The summed E-state index contributed by atoms with van der Waals surface area (Å²) in [6, 6.07) is 29.2. The second-order valence-electron chi connectivity index (χ2n) is 15.1. The summed E-state index contributed by atoms with van der Waals surface area (Å²) in [6.45, 7) is 23.3. The molecule has 0 fully saturated rings. The molecule has 8 rings (SSSR count). The van der Waals surface area contributed by atoms with Crippen LogP contribution in [-0.4, -0.2) is 4.11 Å². The van der Waals surface area contributed by atoms with Gasteiger partial charge in [-0.2, -0.15) is 17.6 Å². The van der Waals surface area contributed by atoms with Crippen LogP contribution in [0, 0.1) is 58.4 Å². The fourth-order valence-electron chi connectivity index (χ4n) is 8.45. The van der Waals surface area contributed by atoms with Crippen LogP contribution in [0.25, 0.3) is 21.9 Å². The van der Waals surface area contributed by atoms with Gasteiger partial charge in [0.05, 0.1) is 0 Å². The van der Waals surface area contributed by atoms with Gasteiger partial charge in [0.15, 0.2) is 0 Å². The normalized spacial score (nSPS) is 19.6. The predicted octanol–water partition coefficient (Wildman–Crippen LogP) is 13.0. The molecule has 0 amide bonds. The number of hydrogen-bond acceptors (Lipinski definition) is 0. The van der Waals surface area contributed by atoms with Gasteiger partial charge in [-0.3, -0.25) is 6.08 Å². The average molecular weight is 706 g/mol. The van der Waals surface area contributed by atoms with Crippen molar-refractivity contribution in [3.8, 4) is 11.1 Å². The van der Waals surface area contributed by atoms with E-state index < -0.39 is 0 Å². The molecule has 0 bridgehead atoms. The molecule has 0 saturated heterocycles. The third-order valence-corrected chi connectivity index (χ3v) is 13.8. The maximum Gasteiger partial charge on any atom is -0.109 e. The van der Waals surface area contributed by atoms with Gasteiger partial charge >= 0.3 is 107 Å². The second kappa shape index (κ2) is 14.8. The van der Waals surface area contributed by atoms with Gasteiger partial charge in [0, 0.05) is 0 Å². The monoisotopic (exact) mass is 704 g/mol. The number of benzene rings is 5. The molecule has 0 N–H and O–H groups in total. The first-order valence-corrected chi connectivity index (χ1v) is 20.0. The second-order valence-corrected chi connectivity index (χ2v) is 16.6. The van der Waals surface area contributed by atoms with E-state index in [0.717, 1.165) is 6.42 Å². The standard InChI is InChI=1S/C29H33.C15H14.C5H5.Zn/c1-14-13-24-25(18(5)15(14)2)21(8)28-27-20(7)17(4)16(3)19(6)26(27)22-11-9-10-12-23(22)29(24)28;1-12-3-7-14(8-4-12)11-15-9-5-13(2)6-10-15;1-2-4-5-3-1;/h9-13,16-17,19,21H,1-8H3;3-10H,1-2H3;1-3H,4H2;/q-1;;-1;. The Balaban J connectivity index is 0.000000171. The Bertz CT molecular complexity index is 2050. The van der Waals surface area contributed by atoms with Crippen LogP contribution in [0.3, 0.4) is 0 Å². The van der Waals surface area contributed by atoms with Crippen molar-refractivity contribution in [1.82, 2.24) is 0 Å². The largest absolute Gasteiger partial charge is 0.273 e. The maximum absolute atomic E-state index is 2.99. The first-order valence-electron chi connectivity index (χ1n) is 18.5. The summed E-state index contributed by atoms with van der Waals surface area (Å²) in [7, 11) is 0. The summed E-state index contributed by atoms with van der Waals surface area (Å²) in [5.41, 5.74) is 19.1. The number of rotatable bonds is 2. The Labute approximate surface area is 312 Å². The predicted molar refractivity (Wildman–Crippen MR) is 213 cm³/mol. The van der Waals surface area contributed by atoms with Crippen LogP contribution in [0.4, 0.5) is 0 Å². The van der Waals surface area contributed by atoms with Crippen molar-refractivity contribution in [3.05, 3.63) is 170 Å². The van der Waals surface area contributed by atoms with Gasteiger partial charge in [0.2, 0.25) is 0 Å². The third-order valence-electron chi connectivity index (χ3n) is 12.1. The molecule has 0 aliphatic heterocycles. The van der Waals surface area contributed by atoms with E-state index >= 15 is 0 Å². The molecule has 0 heterocycles. The minimum atomic E-state index is 0.459. The smallest absolute Gasteiger partial charge is 0.109 e. The first kappa shape index (κ1) is 36.0. The molecule has 1 heteroatoms. The van der Waals surface area contributed by atoms with Crippen molar-refractivity contribution in [2.24, 2.45) is 11.8 Å². The van der Waals surface area contributed by atoms with Crippen LogP contribution < -0.4 is 0 Å². The van der Waals surface area contributed by atoms with Gasteiger partial charge in [-0.25, -0.2) is 12.2 Å². The van der Waals surface area contributed by atoms with Gasteiger partial charge < -0.3 is 0 Å². The fourth-order valence-corrected chi connectivity index (χ4v) is 9.44. The van der Waals surface area contributed by atoms with Gasteiger partial charge in [-0.15, -0.1) is 17.5 Å². The molecule has 0 radical (unpaired) electrons. The molecular weight excluding hydrogens is 654 g/mol. The quantitative estimate of drug-likeness (QED) is 0.127. The molecular formula is C49H52Zn-2. The van der Waals surface area contributed by atoms with Crippen molar-refractivity contribution in [1.29, 1.82) is 0 Å². The molecule has 3 aliphatic carbocycles. The summed E-state index contributed by atoms with van der Waals surface area (Å²) in [4.78, 5) is 0. The van der Waals surface area contributed by atoms with Crippen LogP contribution in [0.1, 0.15) is 114 Å². The molecule has 252 valence electrons. The maximum atomic E-state index is 2.99. The van der Waals surface area contributed by atoms with Crippen LogP contribution in [0.2, 0.25) is 0 Å². The topological polar surface area (TPSA) is 0 Å².